The van der Waals surface area contributed by atoms with Gasteiger partial charge in [-0.1, -0.05) is 30.3 Å². The third-order valence-electron chi connectivity index (χ3n) is 5.51. The van der Waals surface area contributed by atoms with Crippen LogP contribution in [0.1, 0.15) is 39.2 Å². The van der Waals surface area contributed by atoms with Gasteiger partial charge in [-0.25, -0.2) is 4.79 Å². The van der Waals surface area contributed by atoms with Crippen molar-refractivity contribution in [3.63, 3.8) is 0 Å². The molecular formula is C21H30N2O4. The number of methoxy groups -OCH3 is 1. The van der Waals surface area contributed by atoms with Gasteiger partial charge in [-0.05, 0) is 45.1 Å². The molecule has 6 nitrogen and oxygen atoms in total. The number of nitrogens with one attached hydrogen (secondary N) is 1. The molecule has 1 amide bonds. The Morgan fingerprint density at radius 3 is 2.59 bits per heavy atom. The number of benzene rings is 1. The van der Waals surface area contributed by atoms with E-state index in [2.05, 4.69) is 22.3 Å². The van der Waals surface area contributed by atoms with Gasteiger partial charge in [0.15, 0.2) is 0 Å². The van der Waals surface area contributed by atoms with Gasteiger partial charge in [-0.3, -0.25) is 9.69 Å². The third kappa shape index (κ3) is 4.43. The summed E-state index contributed by atoms with van der Waals surface area (Å²) in [5.41, 5.74) is 0.148. The van der Waals surface area contributed by atoms with Crippen LogP contribution >= 0.6 is 0 Å². The average molecular weight is 374 g/mol. The minimum atomic E-state index is -0.552. The number of amides is 1. The molecule has 1 aliphatic carbocycles. The van der Waals surface area contributed by atoms with E-state index in [1.54, 1.807) is 0 Å². The number of esters is 1. The number of carbonyl (C=O) groups excluding carboxylic acids is 2. The highest BCUT2D eigenvalue weighted by atomic mass is 16.6. The molecule has 2 aliphatic rings. The van der Waals surface area contributed by atoms with Crippen molar-refractivity contribution in [2.24, 2.45) is 11.3 Å². The van der Waals surface area contributed by atoms with E-state index in [1.807, 2.05) is 39.0 Å². The molecule has 1 aromatic carbocycles. The van der Waals surface area contributed by atoms with Crippen LogP contribution in [0.2, 0.25) is 0 Å². The molecule has 0 spiro atoms. The number of ether oxygens (including phenoxy) is 2. The predicted octanol–water partition coefficient (Wildman–Crippen LogP) is 2.96. The Balaban J connectivity index is 1.67. The first kappa shape index (κ1) is 19.7. The zero-order valence-electron chi connectivity index (χ0n) is 16.7. The molecule has 6 heteroatoms. The van der Waals surface area contributed by atoms with E-state index in [9.17, 15) is 9.59 Å². The van der Waals surface area contributed by atoms with Crippen LogP contribution in [-0.2, 0) is 20.8 Å². The maximum absolute atomic E-state index is 12.7. The molecule has 1 aliphatic heterocycles. The summed E-state index contributed by atoms with van der Waals surface area (Å²) in [6, 6.07) is 10.2. The van der Waals surface area contributed by atoms with Crippen LogP contribution in [0.25, 0.3) is 0 Å². The summed E-state index contributed by atoms with van der Waals surface area (Å²) in [6.07, 6.45) is 0.933. The lowest BCUT2D eigenvalue weighted by molar-refractivity contribution is -0.153. The molecule has 3 atom stereocenters. The first-order chi connectivity index (χ1) is 12.7. The fourth-order valence-electron chi connectivity index (χ4n) is 4.54. The lowest BCUT2D eigenvalue weighted by Crippen LogP contribution is -2.41. The summed E-state index contributed by atoms with van der Waals surface area (Å²) >= 11 is 0. The topological polar surface area (TPSA) is 67.9 Å². The molecule has 148 valence electrons. The largest absolute Gasteiger partial charge is 0.469 e. The highest BCUT2D eigenvalue weighted by molar-refractivity contribution is 5.79. The van der Waals surface area contributed by atoms with Crippen molar-refractivity contribution < 1.29 is 19.1 Å². The van der Waals surface area contributed by atoms with Crippen molar-refractivity contribution in [3.05, 3.63) is 35.9 Å². The van der Waals surface area contributed by atoms with Gasteiger partial charge in [0, 0.05) is 25.7 Å². The van der Waals surface area contributed by atoms with Gasteiger partial charge in [-0.2, -0.15) is 0 Å². The normalized spacial score (nSPS) is 27.9. The number of hydrogen-bond acceptors (Lipinski definition) is 5. The minimum Gasteiger partial charge on any atom is -0.469 e. The molecule has 2 fully saturated rings. The Labute approximate surface area is 161 Å². The van der Waals surface area contributed by atoms with E-state index in [4.69, 9.17) is 9.47 Å². The van der Waals surface area contributed by atoms with Crippen molar-refractivity contribution in [2.75, 3.05) is 20.2 Å². The SMILES string of the molecule is COC(=O)[C@]12C[C@@H](NC(=O)OC(C)(C)C)C[C@H]1CN(Cc1ccccc1)C2. The molecule has 3 rings (SSSR count). The number of fused-ring (bicyclic) bond motifs is 1. The van der Waals surface area contributed by atoms with Crippen LogP contribution in [0, 0.1) is 11.3 Å². The number of likely N-dealkylation sites (tertiary alicyclic amines) is 1. The molecule has 0 bridgehead atoms. The first-order valence-corrected chi connectivity index (χ1v) is 9.56. The zero-order chi connectivity index (χ0) is 19.7. The fourth-order valence-corrected chi connectivity index (χ4v) is 4.54. The zero-order valence-corrected chi connectivity index (χ0v) is 16.7. The second-order valence-corrected chi connectivity index (χ2v) is 8.78. The number of nitrogens with zero attached hydrogens (tertiary/aromatic N) is 1. The Bertz CT molecular complexity index is 685. The van der Waals surface area contributed by atoms with E-state index in [0.717, 1.165) is 19.5 Å². The smallest absolute Gasteiger partial charge is 0.407 e. The average Bonchev–Trinajstić information content (AvgIpc) is 3.07. The Kier molecular flexibility index (Phi) is 5.47. The second-order valence-electron chi connectivity index (χ2n) is 8.78. The van der Waals surface area contributed by atoms with Gasteiger partial charge < -0.3 is 14.8 Å². The van der Waals surface area contributed by atoms with E-state index < -0.39 is 17.1 Å². The van der Waals surface area contributed by atoms with Crippen molar-refractivity contribution >= 4 is 12.1 Å². The summed E-state index contributed by atoms with van der Waals surface area (Å²) in [6.45, 7) is 7.83. The van der Waals surface area contributed by atoms with E-state index in [1.165, 1.54) is 12.7 Å². The van der Waals surface area contributed by atoms with Crippen LogP contribution in [0.3, 0.4) is 0 Å². The molecule has 0 radical (unpaired) electrons. The van der Waals surface area contributed by atoms with Crippen LogP contribution in [0.4, 0.5) is 4.79 Å². The van der Waals surface area contributed by atoms with Gasteiger partial charge in [-0.15, -0.1) is 0 Å². The van der Waals surface area contributed by atoms with E-state index in [0.29, 0.717) is 13.0 Å². The second kappa shape index (κ2) is 7.50. The number of carbonyl (C=O) groups is 2. The molecule has 0 unspecified atom stereocenters. The van der Waals surface area contributed by atoms with Crippen LogP contribution in [0.5, 0.6) is 0 Å². The Morgan fingerprint density at radius 1 is 1.26 bits per heavy atom. The molecule has 27 heavy (non-hydrogen) atoms. The Hall–Kier alpha value is -2.08. The van der Waals surface area contributed by atoms with E-state index in [-0.39, 0.29) is 17.9 Å². The summed E-state index contributed by atoms with van der Waals surface area (Å²) in [4.78, 5) is 27.1. The molecule has 1 aromatic rings. The van der Waals surface area contributed by atoms with Crippen molar-refractivity contribution in [2.45, 2.75) is 51.8 Å². The van der Waals surface area contributed by atoms with Gasteiger partial charge in [0.2, 0.25) is 0 Å². The lowest BCUT2D eigenvalue weighted by atomic mass is 9.81. The molecule has 1 N–H and O–H groups in total. The van der Waals surface area contributed by atoms with Crippen molar-refractivity contribution in [1.29, 1.82) is 0 Å². The number of hydrogen-bond donors (Lipinski definition) is 1. The molecule has 1 heterocycles. The molecular weight excluding hydrogens is 344 g/mol. The highest BCUT2D eigenvalue weighted by Gasteiger charge is 2.58. The first-order valence-electron chi connectivity index (χ1n) is 9.56. The summed E-state index contributed by atoms with van der Waals surface area (Å²) in [5.74, 6) is 0.00477. The third-order valence-corrected chi connectivity index (χ3v) is 5.51. The summed E-state index contributed by atoms with van der Waals surface area (Å²) in [5, 5.41) is 2.94. The molecule has 1 saturated heterocycles. The number of rotatable bonds is 4. The van der Waals surface area contributed by atoms with Gasteiger partial charge >= 0.3 is 12.1 Å². The number of alkyl carbamates (subject to hydrolysis) is 1. The predicted molar refractivity (Wildman–Crippen MR) is 102 cm³/mol. The molecule has 1 saturated carbocycles. The minimum absolute atomic E-state index is 0.0668. The van der Waals surface area contributed by atoms with Gasteiger partial charge in [0.25, 0.3) is 0 Å². The van der Waals surface area contributed by atoms with Crippen LogP contribution in [0.15, 0.2) is 30.3 Å². The Morgan fingerprint density at radius 2 is 1.96 bits per heavy atom. The van der Waals surface area contributed by atoms with Crippen molar-refractivity contribution in [3.8, 4) is 0 Å². The van der Waals surface area contributed by atoms with Crippen molar-refractivity contribution in [1.82, 2.24) is 10.2 Å². The quantitative estimate of drug-likeness (QED) is 0.821. The molecule has 0 aromatic heterocycles. The van der Waals surface area contributed by atoms with Gasteiger partial charge in [0.05, 0.1) is 12.5 Å². The van der Waals surface area contributed by atoms with Crippen LogP contribution < -0.4 is 5.32 Å². The summed E-state index contributed by atoms with van der Waals surface area (Å²) < 4.78 is 10.5. The summed E-state index contributed by atoms with van der Waals surface area (Å²) in [7, 11) is 1.45. The van der Waals surface area contributed by atoms with Crippen LogP contribution in [-0.4, -0.2) is 48.8 Å². The maximum atomic E-state index is 12.7. The van der Waals surface area contributed by atoms with E-state index >= 15 is 0 Å². The fraction of sp³-hybridized carbons (Fsp3) is 0.619. The standard InChI is InChI=1S/C21H30N2O4/c1-20(2,3)27-19(25)22-17-10-16-13-23(12-15-8-6-5-7-9-15)14-21(16,11-17)18(24)26-4/h5-9,16-17H,10-14H2,1-4H3,(H,22,25)/t16-,17-,21-/m0/s1. The maximum Gasteiger partial charge on any atom is 0.407 e. The monoisotopic (exact) mass is 374 g/mol. The lowest BCUT2D eigenvalue weighted by Gasteiger charge is -2.27. The highest BCUT2D eigenvalue weighted by Crippen LogP contribution is 2.50. The van der Waals surface area contributed by atoms with Gasteiger partial charge in [0.1, 0.15) is 5.60 Å².